The Kier molecular flexibility index (Phi) is 6.69. The van der Waals surface area contributed by atoms with Gasteiger partial charge in [0.05, 0.1) is 45.8 Å². The fourth-order valence-electron chi connectivity index (χ4n) is 5.21. The summed E-state index contributed by atoms with van der Waals surface area (Å²) >= 11 is 0. The lowest BCUT2D eigenvalue weighted by Gasteiger charge is -2.07. The maximum absolute atomic E-state index is 16.1. The molecule has 13 heteroatoms. The number of carbonyl (C=O) groups is 1. The van der Waals surface area contributed by atoms with Gasteiger partial charge in [-0.1, -0.05) is 18.2 Å². The van der Waals surface area contributed by atoms with Crippen LogP contribution in [0.15, 0.2) is 61.1 Å². The van der Waals surface area contributed by atoms with Crippen LogP contribution < -0.4 is 5.32 Å². The number of para-hydroxylation sites is 1. The van der Waals surface area contributed by atoms with Crippen LogP contribution in [0.2, 0.25) is 0 Å². The van der Waals surface area contributed by atoms with Gasteiger partial charge in [0.25, 0.3) is 0 Å². The number of fused-ring (bicyclic) bond motifs is 2. The zero-order valence-corrected chi connectivity index (χ0v) is 24.2. The van der Waals surface area contributed by atoms with Crippen LogP contribution in [0.3, 0.4) is 0 Å². The normalized spacial score (nSPS) is 13.5. The van der Waals surface area contributed by atoms with E-state index < -0.39 is 21.5 Å². The lowest BCUT2D eigenvalue weighted by molar-refractivity contribution is -0.117. The van der Waals surface area contributed by atoms with E-state index in [1.807, 2.05) is 0 Å². The Bertz CT molecular complexity index is 2210. The number of benzene rings is 2. The Morgan fingerprint density at radius 3 is 2.66 bits per heavy atom. The smallest absolute Gasteiger partial charge is 0.227 e. The predicted octanol–water partition coefficient (Wildman–Crippen LogP) is 5.44. The fraction of sp³-hybridized carbons (Fsp3) is 0.194. The minimum Gasteiger partial charge on any atom is -0.337 e. The van der Waals surface area contributed by atoms with Crippen LogP contribution in [0.5, 0.6) is 0 Å². The van der Waals surface area contributed by atoms with Crippen LogP contribution in [-0.2, 0) is 21.1 Å². The van der Waals surface area contributed by atoms with Crippen molar-refractivity contribution in [3.8, 4) is 33.9 Å². The maximum Gasteiger partial charge on any atom is 0.227 e. The summed E-state index contributed by atoms with van der Waals surface area (Å²) in [7, 11) is -3.22. The van der Waals surface area contributed by atoms with E-state index in [2.05, 4.69) is 30.5 Å². The molecule has 0 aliphatic heterocycles. The monoisotopic (exact) mass is 613 g/mol. The molecule has 1 amide bonds. The van der Waals surface area contributed by atoms with Crippen molar-refractivity contribution in [1.29, 1.82) is 0 Å². The average molecular weight is 614 g/mol. The molecule has 0 radical (unpaired) electrons. The van der Waals surface area contributed by atoms with E-state index in [1.165, 1.54) is 30.7 Å². The lowest BCUT2D eigenvalue weighted by Crippen LogP contribution is -2.13. The highest BCUT2D eigenvalue weighted by atomic mass is 32.2. The molecule has 1 aliphatic rings. The molecule has 222 valence electrons. The average Bonchev–Trinajstić information content (AvgIpc) is 3.60. The van der Waals surface area contributed by atoms with E-state index in [-0.39, 0.29) is 46.6 Å². The molecule has 2 aromatic carbocycles. The Balaban J connectivity index is 1.27. The third kappa shape index (κ3) is 5.41. The van der Waals surface area contributed by atoms with Gasteiger partial charge in [0, 0.05) is 29.5 Å². The van der Waals surface area contributed by atoms with Gasteiger partial charge >= 0.3 is 0 Å². The molecule has 4 aromatic heterocycles. The van der Waals surface area contributed by atoms with Crippen LogP contribution in [-0.4, -0.2) is 56.5 Å². The molecule has 44 heavy (non-hydrogen) atoms. The van der Waals surface area contributed by atoms with Gasteiger partial charge in [-0.25, -0.2) is 22.2 Å². The number of carbonyl (C=O) groups excluding carboxylic acids is 1. The van der Waals surface area contributed by atoms with Crippen molar-refractivity contribution in [2.24, 2.45) is 5.92 Å². The standard InChI is InChI=1S/C31H25F2N7O3S/c1-44(42,43)8-7-16-9-18(11-20(32)10-16)22-3-2-4-23-28(22)38-30(37-23)29-25-24(39-40-29)15-35-27(26(25)33)19-12-21(14-34-13-19)36-31(41)17-5-6-17/h2-4,9-15,17H,5-8H2,1H3,(H,36,41)(H,37,38)(H,39,40). The molecule has 10 nitrogen and oxygen atoms in total. The molecule has 4 heterocycles. The number of H-pyrrole nitrogens is 2. The van der Waals surface area contributed by atoms with Crippen molar-refractivity contribution in [2.45, 2.75) is 19.3 Å². The van der Waals surface area contributed by atoms with E-state index in [0.717, 1.165) is 19.1 Å². The van der Waals surface area contributed by atoms with Gasteiger partial charge in [-0.05, 0) is 54.7 Å². The van der Waals surface area contributed by atoms with Gasteiger partial charge in [-0.2, -0.15) is 5.10 Å². The number of sulfone groups is 1. The second kappa shape index (κ2) is 10.6. The number of rotatable bonds is 8. The number of anilines is 1. The summed E-state index contributed by atoms with van der Waals surface area (Å²) in [4.78, 5) is 28.6. The molecule has 3 N–H and O–H groups in total. The van der Waals surface area contributed by atoms with Crippen molar-refractivity contribution in [1.82, 2.24) is 30.1 Å². The molecular formula is C31H25F2N7O3S. The zero-order chi connectivity index (χ0) is 30.6. The first kappa shape index (κ1) is 27.8. The summed E-state index contributed by atoms with van der Waals surface area (Å²) in [6.45, 7) is 0. The van der Waals surface area contributed by atoms with Crippen LogP contribution in [0.1, 0.15) is 18.4 Å². The Labute approximate surface area is 249 Å². The first-order valence-corrected chi connectivity index (χ1v) is 15.9. The largest absolute Gasteiger partial charge is 0.337 e. The first-order valence-electron chi connectivity index (χ1n) is 13.9. The fourth-order valence-corrected chi connectivity index (χ4v) is 5.81. The van der Waals surface area contributed by atoms with Gasteiger partial charge in [0.2, 0.25) is 5.91 Å². The third-order valence-electron chi connectivity index (χ3n) is 7.54. The SMILES string of the molecule is CS(=O)(=O)CCc1cc(F)cc(-c2cccc3[nH]c(-c4n[nH]c5cnc(-c6cncc(NC(=O)C7CC7)c6)c(F)c45)nc23)c1. The molecule has 6 aromatic rings. The number of imidazole rings is 1. The Morgan fingerprint density at radius 2 is 1.86 bits per heavy atom. The van der Waals surface area contributed by atoms with Gasteiger partial charge in [-0.15, -0.1) is 0 Å². The number of nitrogens with one attached hydrogen (secondary N) is 3. The second-order valence-electron chi connectivity index (χ2n) is 11.0. The molecule has 0 unspecified atom stereocenters. The first-order chi connectivity index (χ1) is 21.1. The Hall–Kier alpha value is -5.04. The lowest BCUT2D eigenvalue weighted by atomic mass is 10.0. The summed E-state index contributed by atoms with van der Waals surface area (Å²) in [5.74, 6) is -1.03. The number of halogens is 2. The molecule has 7 rings (SSSR count). The van der Waals surface area contributed by atoms with Crippen LogP contribution in [0.25, 0.3) is 55.8 Å². The van der Waals surface area contributed by atoms with Gasteiger partial charge in [0.15, 0.2) is 11.6 Å². The molecule has 0 atom stereocenters. The summed E-state index contributed by atoms with van der Waals surface area (Å²) < 4.78 is 54.1. The van der Waals surface area contributed by atoms with Gasteiger partial charge in [0.1, 0.15) is 27.0 Å². The van der Waals surface area contributed by atoms with E-state index in [0.29, 0.717) is 44.5 Å². The van der Waals surface area contributed by atoms with Crippen molar-refractivity contribution in [3.05, 3.63) is 78.3 Å². The molecular weight excluding hydrogens is 588 g/mol. The topological polar surface area (TPSA) is 146 Å². The van der Waals surface area contributed by atoms with Crippen LogP contribution in [0, 0.1) is 17.6 Å². The molecule has 0 bridgehead atoms. The number of aryl methyl sites for hydroxylation is 1. The number of hydrogen-bond acceptors (Lipinski definition) is 7. The highest BCUT2D eigenvalue weighted by Gasteiger charge is 2.30. The number of pyridine rings is 2. The van der Waals surface area contributed by atoms with E-state index >= 15 is 4.39 Å². The molecule has 0 spiro atoms. The molecule has 1 fully saturated rings. The quantitative estimate of drug-likeness (QED) is 0.207. The van der Waals surface area contributed by atoms with Crippen molar-refractivity contribution < 1.29 is 22.0 Å². The summed E-state index contributed by atoms with van der Waals surface area (Å²) in [5, 5.41) is 10.1. The second-order valence-corrected chi connectivity index (χ2v) is 13.3. The van der Waals surface area contributed by atoms with E-state index in [4.69, 9.17) is 4.98 Å². The van der Waals surface area contributed by atoms with Gasteiger partial charge in [-0.3, -0.25) is 19.9 Å². The van der Waals surface area contributed by atoms with Gasteiger partial charge < -0.3 is 10.3 Å². The number of nitrogens with zero attached hydrogens (tertiary/aromatic N) is 4. The summed E-state index contributed by atoms with van der Waals surface area (Å²) in [6, 6.07) is 11.4. The number of amides is 1. The highest BCUT2D eigenvalue weighted by Crippen LogP contribution is 2.36. The maximum atomic E-state index is 16.1. The highest BCUT2D eigenvalue weighted by molar-refractivity contribution is 7.90. The summed E-state index contributed by atoms with van der Waals surface area (Å²) in [6.07, 6.45) is 7.47. The number of aromatic nitrogens is 6. The zero-order valence-electron chi connectivity index (χ0n) is 23.4. The van der Waals surface area contributed by atoms with Crippen molar-refractivity contribution >= 4 is 43.4 Å². The van der Waals surface area contributed by atoms with E-state index in [9.17, 15) is 17.6 Å². The molecule has 1 saturated carbocycles. The predicted molar refractivity (Wildman–Crippen MR) is 162 cm³/mol. The van der Waals surface area contributed by atoms with Crippen molar-refractivity contribution in [3.63, 3.8) is 0 Å². The number of hydrogen-bond donors (Lipinski definition) is 3. The van der Waals surface area contributed by atoms with E-state index in [1.54, 1.807) is 30.3 Å². The summed E-state index contributed by atoms with van der Waals surface area (Å²) in [5.41, 5.74) is 4.27. The van der Waals surface area contributed by atoms with Crippen LogP contribution in [0.4, 0.5) is 14.5 Å². The third-order valence-corrected chi connectivity index (χ3v) is 8.48. The van der Waals surface area contributed by atoms with Crippen LogP contribution >= 0.6 is 0 Å². The minimum atomic E-state index is -3.22. The minimum absolute atomic E-state index is 0.00512. The Morgan fingerprint density at radius 1 is 1.02 bits per heavy atom. The van der Waals surface area contributed by atoms with Crippen molar-refractivity contribution in [2.75, 3.05) is 17.3 Å². The molecule has 1 aliphatic carbocycles. The molecule has 0 saturated heterocycles. The number of aromatic amines is 2.